The molecule has 10 heteroatoms. The van der Waals surface area contributed by atoms with Gasteiger partial charge in [0.05, 0.1) is 12.2 Å². The molecular formula is C38H50O10. The number of unbranched alkanes of at least 4 members (excludes halogenated alkanes) is 2. The molecule has 3 rings (SSSR count). The van der Waals surface area contributed by atoms with Crippen molar-refractivity contribution in [1.82, 2.24) is 0 Å². The van der Waals surface area contributed by atoms with Gasteiger partial charge in [0.25, 0.3) is 0 Å². The van der Waals surface area contributed by atoms with Crippen molar-refractivity contribution in [2.45, 2.75) is 103 Å². The van der Waals surface area contributed by atoms with Crippen LogP contribution in [-0.2, 0) is 17.6 Å². The van der Waals surface area contributed by atoms with Crippen molar-refractivity contribution in [2.75, 3.05) is 6.61 Å². The molecule has 0 aliphatic carbocycles. The van der Waals surface area contributed by atoms with Crippen molar-refractivity contribution in [2.24, 2.45) is 0 Å². The SMILES string of the molecule is CCC/C=C/C=C/CCc1cc(OC(=O)c2c(CC/C=C/C=C/CCC)cc(O)c(C3OC(CO)C(O)C(O)C3O)c2O)cc(O)c1C. The minimum atomic E-state index is -1.82. The number of benzene rings is 2. The molecule has 0 spiro atoms. The number of hydrogen-bond acceptors (Lipinski definition) is 10. The summed E-state index contributed by atoms with van der Waals surface area (Å²) in [6.07, 6.45) is 13.5. The fourth-order valence-electron chi connectivity index (χ4n) is 5.48. The molecule has 1 heterocycles. The zero-order valence-electron chi connectivity index (χ0n) is 28.0. The number of ether oxygens (including phenoxy) is 2. The van der Waals surface area contributed by atoms with Gasteiger partial charge in [-0.05, 0) is 74.3 Å². The Hall–Kier alpha value is -3.93. The van der Waals surface area contributed by atoms with Crippen LogP contribution in [-0.4, -0.2) is 72.7 Å². The third-order valence-corrected chi connectivity index (χ3v) is 8.29. The van der Waals surface area contributed by atoms with Crippen LogP contribution in [0.3, 0.4) is 0 Å². The Kier molecular flexibility index (Phi) is 15.4. The standard InChI is InChI=1S/C38H50O10/c1-4-6-8-10-12-14-16-18-25-20-27(22-28(40)24(25)3)47-38(46)31-26(19-17-15-13-11-9-7-5-2)21-29(41)32(34(31)43)37-36(45)35(44)33(42)30(23-39)48-37/h8-15,20-22,30,33,35-37,39-45H,4-7,16-19,23H2,1-3H3/b10-8+,11-9+,14-12+,15-13+. The fraction of sp³-hybridized carbons (Fsp3) is 0.447. The summed E-state index contributed by atoms with van der Waals surface area (Å²) >= 11 is 0. The van der Waals surface area contributed by atoms with Crippen molar-refractivity contribution in [3.8, 4) is 23.0 Å². The quantitative estimate of drug-likeness (QED) is 0.0684. The summed E-state index contributed by atoms with van der Waals surface area (Å²) in [6, 6.07) is 4.21. The van der Waals surface area contributed by atoms with E-state index in [1.54, 1.807) is 13.0 Å². The molecular weight excluding hydrogens is 616 g/mol. The van der Waals surface area contributed by atoms with Crippen LogP contribution < -0.4 is 4.74 Å². The number of rotatable bonds is 16. The van der Waals surface area contributed by atoms with E-state index >= 15 is 0 Å². The molecule has 0 amide bonds. The van der Waals surface area contributed by atoms with Gasteiger partial charge in [-0.25, -0.2) is 4.79 Å². The molecule has 48 heavy (non-hydrogen) atoms. The molecule has 262 valence electrons. The average molecular weight is 667 g/mol. The molecule has 0 radical (unpaired) electrons. The number of carbonyl (C=O) groups is 1. The summed E-state index contributed by atoms with van der Waals surface area (Å²) in [5, 5.41) is 74.2. The summed E-state index contributed by atoms with van der Waals surface area (Å²) in [5.74, 6) is -2.29. The van der Waals surface area contributed by atoms with E-state index in [-0.39, 0.29) is 29.0 Å². The van der Waals surface area contributed by atoms with E-state index in [9.17, 15) is 40.5 Å². The zero-order valence-corrected chi connectivity index (χ0v) is 28.0. The zero-order chi connectivity index (χ0) is 35.2. The molecule has 7 N–H and O–H groups in total. The van der Waals surface area contributed by atoms with Crippen molar-refractivity contribution in [3.05, 3.63) is 94.6 Å². The summed E-state index contributed by atoms with van der Waals surface area (Å²) in [5.41, 5.74) is 0.926. The third-order valence-electron chi connectivity index (χ3n) is 8.29. The lowest BCUT2D eigenvalue weighted by Crippen LogP contribution is -2.55. The molecule has 5 unspecified atom stereocenters. The van der Waals surface area contributed by atoms with E-state index in [4.69, 9.17) is 9.47 Å². The number of aryl methyl sites for hydroxylation is 2. The van der Waals surface area contributed by atoms with Gasteiger partial charge in [0.15, 0.2) is 0 Å². The topological polar surface area (TPSA) is 177 Å². The first-order chi connectivity index (χ1) is 23.0. The maximum atomic E-state index is 13.8. The summed E-state index contributed by atoms with van der Waals surface area (Å²) in [6.45, 7) is 5.23. The van der Waals surface area contributed by atoms with Crippen molar-refractivity contribution < 1.29 is 50.0 Å². The van der Waals surface area contributed by atoms with Crippen molar-refractivity contribution in [1.29, 1.82) is 0 Å². The minimum Gasteiger partial charge on any atom is -0.508 e. The first-order valence-electron chi connectivity index (χ1n) is 16.6. The van der Waals surface area contributed by atoms with Gasteiger partial charge in [-0.1, -0.05) is 75.3 Å². The molecule has 0 saturated carbocycles. The molecule has 1 saturated heterocycles. The smallest absolute Gasteiger partial charge is 0.347 e. The summed E-state index contributed by atoms with van der Waals surface area (Å²) in [7, 11) is 0. The van der Waals surface area contributed by atoms with Gasteiger partial charge in [0.2, 0.25) is 0 Å². The van der Waals surface area contributed by atoms with E-state index < -0.39 is 60.2 Å². The molecule has 1 fully saturated rings. The lowest BCUT2D eigenvalue weighted by atomic mass is 9.87. The van der Waals surface area contributed by atoms with Gasteiger partial charge in [0.1, 0.15) is 59.1 Å². The first kappa shape index (κ1) is 38.5. The number of aliphatic hydroxyl groups is 4. The lowest BCUT2D eigenvalue weighted by Gasteiger charge is -2.40. The number of aliphatic hydroxyl groups excluding tert-OH is 4. The number of hydrogen-bond donors (Lipinski definition) is 7. The van der Waals surface area contributed by atoms with Crippen LogP contribution in [0.15, 0.2) is 66.8 Å². The van der Waals surface area contributed by atoms with E-state index in [1.165, 1.54) is 12.1 Å². The van der Waals surface area contributed by atoms with Crippen LogP contribution in [0.1, 0.15) is 91.1 Å². The second-order valence-corrected chi connectivity index (χ2v) is 11.9. The van der Waals surface area contributed by atoms with Crippen LogP contribution in [0, 0.1) is 6.92 Å². The van der Waals surface area contributed by atoms with Crippen LogP contribution in [0.2, 0.25) is 0 Å². The van der Waals surface area contributed by atoms with Crippen LogP contribution in [0.25, 0.3) is 0 Å². The highest BCUT2D eigenvalue weighted by atomic mass is 16.5. The van der Waals surface area contributed by atoms with Gasteiger partial charge in [-0.3, -0.25) is 0 Å². The van der Waals surface area contributed by atoms with Crippen LogP contribution in [0.4, 0.5) is 0 Å². The van der Waals surface area contributed by atoms with Crippen LogP contribution in [0.5, 0.6) is 23.0 Å². The molecule has 1 aliphatic heterocycles. The lowest BCUT2D eigenvalue weighted by molar-refractivity contribution is -0.232. The average Bonchev–Trinajstić information content (AvgIpc) is 3.05. The predicted octanol–water partition coefficient (Wildman–Crippen LogP) is 5.54. The highest BCUT2D eigenvalue weighted by molar-refractivity contribution is 5.96. The number of esters is 1. The van der Waals surface area contributed by atoms with Gasteiger partial charge >= 0.3 is 5.97 Å². The normalized spacial score (nSPS) is 21.7. The maximum absolute atomic E-state index is 13.8. The molecule has 0 bridgehead atoms. The summed E-state index contributed by atoms with van der Waals surface area (Å²) in [4.78, 5) is 13.8. The first-order valence-corrected chi connectivity index (χ1v) is 16.6. The minimum absolute atomic E-state index is 0.0405. The van der Waals surface area contributed by atoms with Gasteiger partial charge in [-0.15, -0.1) is 0 Å². The predicted molar refractivity (Wildman–Crippen MR) is 183 cm³/mol. The van der Waals surface area contributed by atoms with Crippen LogP contribution >= 0.6 is 0 Å². The second kappa shape index (κ2) is 19.2. The Morgan fingerprint density at radius 3 is 1.90 bits per heavy atom. The maximum Gasteiger partial charge on any atom is 0.347 e. The Labute approximate surface area is 282 Å². The largest absolute Gasteiger partial charge is 0.508 e. The van der Waals surface area contributed by atoms with E-state index in [1.807, 2.05) is 42.5 Å². The molecule has 5 atom stereocenters. The third kappa shape index (κ3) is 10.0. The number of phenols is 3. The Morgan fingerprint density at radius 2 is 1.33 bits per heavy atom. The molecule has 1 aliphatic rings. The highest BCUT2D eigenvalue weighted by Gasteiger charge is 2.46. The molecule has 2 aromatic carbocycles. The van der Waals surface area contributed by atoms with E-state index in [0.717, 1.165) is 31.2 Å². The fourth-order valence-corrected chi connectivity index (χ4v) is 5.48. The van der Waals surface area contributed by atoms with Gasteiger partial charge in [-0.2, -0.15) is 0 Å². The molecule has 0 aromatic heterocycles. The number of phenolic OH excluding ortho intramolecular Hbond substituents is 3. The van der Waals surface area contributed by atoms with Gasteiger partial charge in [0, 0.05) is 6.07 Å². The number of allylic oxidation sites excluding steroid dienone is 8. The number of carbonyl (C=O) groups excluding carboxylic acids is 1. The Bertz CT molecular complexity index is 1470. The van der Waals surface area contributed by atoms with E-state index in [2.05, 4.69) is 19.9 Å². The Balaban J connectivity index is 1.98. The molecule has 10 nitrogen and oxygen atoms in total. The monoisotopic (exact) mass is 666 g/mol. The molecule has 2 aromatic rings. The van der Waals surface area contributed by atoms with Gasteiger partial charge < -0.3 is 45.2 Å². The van der Waals surface area contributed by atoms with E-state index in [0.29, 0.717) is 24.8 Å². The summed E-state index contributed by atoms with van der Waals surface area (Å²) < 4.78 is 11.3. The Morgan fingerprint density at radius 1 is 0.771 bits per heavy atom. The highest BCUT2D eigenvalue weighted by Crippen LogP contribution is 2.45. The van der Waals surface area contributed by atoms with Crippen molar-refractivity contribution in [3.63, 3.8) is 0 Å². The second-order valence-electron chi connectivity index (χ2n) is 11.9. The number of aromatic hydroxyl groups is 3. The van der Waals surface area contributed by atoms with Crippen molar-refractivity contribution >= 4 is 5.97 Å².